The minimum atomic E-state index is -1.13. The number of carbonyl (C=O) groups is 2. The van der Waals surface area contributed by atoms with Crippen molar-refractivity contribution in [3.05, 3.63) is 0 Å². The SMILES string of the molecule is COC(=O)CC(COCOCC[Si](C)(C)C)NC(=O)OC(C)(C)C. The summed E-state index contributed by atoms with van der Waals surface area (Å²) in [6.07, 6.45) is -0.593. The van der Waals surface area contributed by atoms with Crippen LogP contribution in [0.1, 0.15) is 27.2 Å². The third-order valence-electron chi connectivity index (χ3n) is 2.84. The Morgan fingerprint density at radius 1 is 1.12 bits per heavy atom. The number of nitrogens with one attached hydrogen (secondary N) is 1. The van der Waals surface area contributed by atoms with E-state index in [0.29, 0.717) is 6.61 Å². The zero-order valence-corrected chi connectivity index (χ0v) is 17.1. The van der Waals surface area contributed by atoms with Gasteiger partial charge in [0.15, 0.2) is 0 Å². The van der Waals surface area contributed by atoms with Gasteiger partial charge in [-0.3, -0.25) is 4.79 Å². The van der Waals surface area contributed by atoms with Gasteiger partial charge in [0, 0.05) is 14.7 Å². The molecule has 1 N–H and O–H groups in total. The molecule has 0 spiro atoms. The fourth-order valence-corrected chi connectivity index (χ4v) is 2.35. The van der Waals surface area contributed by atoms with Crippen LogP contribution in [0.3, 0.4) is 0 Å². The predicted octanol–water partition coefficient (Wildman–Crippen LogP) is 2.77. The van der Waals surface area contributed by atoms with Crippen LogP contribution in [0, 0.1) is 0 Å². The molecule has 8 heteroatoms. The highest BCUT2D eigenvalue weighted by Crippen LogP contribution is 2.08. The monoisotopic (exact) mass is 363 g/mol. The molecule has 24 heavy (non-hydrogen) atoms. The maximum Gasteiger partial charge on any atom is 0.407 e. The fourth-order valence-electron chi connectivity index (χ4n) is 1.60. The Hall–Kier alpha value is -1.12. The molecule has 0 aliphatic heterocycles. The van der Waals surface area contributed by atoms with Gasteiger partial charge in [-0.15, -0.1) is 0 Å². The maximum atomic E-state index is 11.8. The molecule has 0 aromatic heterocycles. The Balaban J connectivity index is 4.22. The highest BCUT2D eigenvalue weighted by atomic mass is 28.3. The molecule has 0 aliphatic rings. The molecule has 0 aromatic rings. The van der Waals surface area contributed by atoms with Crippen molar-refractivity contribution >= 4 is 20.1 Å². The quantitative estimate of drug-likeness (QED) is 0.278. The van der Waals surface area contributed by atoms with Gasteiger partial charge in [-0.1, -0.05) is 19.6 Å². The summed E-state index contributed by atoms with van der Waals surface area (Å²) >= 11 is 0. The molecule has 0 saturated carbocycles. The van der Waals surface area contributed by atoms with Crippen LogP contribution in [0.2, 0.25) is 25.7 Å². The van der Waals surface area contributed by atoms with Crippen molar-refractivity contribution in [3.63, 3.8) is 0 Å². The van der Waals surface area contributed by atoms with Crippen molar-refractivity contribution in [1.29, 1.82) is 0 Å². The molecule has 142 valence electrons. The lowest BCUT2D eigenvalue weighted by Gasteiger charge is -2.23. The number of hydrogen-bond donors (Lipinski definition) is 1. The van der Waals surface area contributed by atoms with E-state index in [9.17, 15) is 9.59 Å². The number of carbonyl (C=O) groups excluding carboxylic acids is 2. The third kappa shape index (κ3) is 14.5. The first kappa shape index (κ1) is 22.9. The van der Waals surface area contributed by atoms with Crippen LogP contribution in [-0.4, -0.2) is 58.9 Å². The average Bonchev–Trinajstić information content (AvgIpc) is 2.38. The Labute approximate surface area is 146 Å². The van der Waals surface area contributed by atoms with Gasteiger partial charge in [0.1, 0.15) is 12.4 Å². The summed E-state index contributed by atoms with van der Waals surface area (Å²) in [6.45, 7) is 13.0. The van der Waals surface area contributed by atoms with Gasteiger partial charge in [0.2, 0.25) is 0 Å². The first-order valence-corrected chi connectivity index (χ1v) is 11.9. The van der Waals surface area contributed by atoms with Gasteiger partial charge in [-0.05, 0) is 26.8 Å². The molecule has 0 aliphatic carbocycles. The van der Waals surface area contributed by atoms with Crippen molar-refractivity contribution in [2.75, 3.05) is 27.1 Å². The van der Waals surface area contributed by atoms with E-state index in [-0.39, 0.29) is 19.8 Å². The van der Waals surface area contributed by atoms with Gasteiger partial charge < -0.3 is 24.3 Å². The van der Waals surface area contributed by atoms with Crippen molar-refractivity contribution in [1.82, 2.24) is 5.32 Å². The van der Waals surface area contributed by atoms with Crippen molar-refractivity contribution in [2.45, 2.75) is 64.5 Å². The van der Waals surface area contributed by atoms with Crippen LogP contribution in [0.15, 0.2) is 0 Å². The third-order valence-corrected chi connectivity index (χ3v) is 4.55. The van der Waals surface area contributed by atoms with E-state index in [0.717, 1.165) is 6.04 Å². The lowest BCUT2D eigenvalue weighted by atomic mass is 10.2. The van der Waals surface area contributed by atoms with Gasteiger partial charge in [0.05, 0.1) is 26.2 Å². The Bertz CT molecular complexity index is 389. The maximum absolute atomic E-state index is 11.8. The summed E-state index contributed by atoms with van der Waals surface area (Å²) < 4.78 is 20.6. The molecular formula is C16H33NO6Si. The molecule has 0 aromatic carbocycles. The fraction of sp³-hybridized carbons (Fsp3) is 0.875. The number of methoxy groups -OCH3 is 1. The molecule has 0 bridgehead atoms. The van der Waals surface area contributed by atoms with E-state index < -0.39 is 31.8 Å². The second kappa shape index (κ2) is 10.7. The largest absolute Gasteiger partial charge is 0.469 e. The topological polar surface area (TPSA) is 83.1 Å². The van der Waals surface area contributed by atoms with Crippen LogP contribution >= 0.6 is 0 Å². The molecule has 1 amide bonds. The van der Waals surface area contributed by atoms with Gasteiger partial charge in [0.25, 0.3) is 0 Å². The summed E-state index contributed by atoms with van der Waals surface area (Å²) in [5, 5.41) is 2.62. The summed E-state index contributed by atoms with van der Waals surface area (Å²) in [6, 6.07) is 0.519. The molecule has 1 unspecified atom stereocenters. The molecular weight excluding hydrogens is 330 g/mol. The second-order valence-corrected chi connectivity index (χ2v) is 13.5. The number of amides is 1. The van der Waals surface area contributed by atoms with Crippen molar-refractivity contribution in [2.24, 2.45) is 0 Å². The smallest absolute Gasteiger partial charge is 0.407 e. The van der Waals surface area contributed by atoms with Gasteiger partial charge in [-0.25, -0.2) is 4.79 Å². The first-order chi connectivity index (χ1) is 10.9. The lowest BCUT2D eigenvalue weighted by Crippen LogP contribution is -2.43. The van der Waals surface area contributed by atoms with E-state index in [1.807, 2.05) is 0 Å². The summed E-state index contributed by atoms with van der Waals surface area (Å²) in [7, 11) is 0.173. The number of rotatable bonds is 10. The van der Waals surface area contributed by atoms with Crippen LogP contribution in [0.25, 0.3) is 0 Å². The lowest BCUT2D eigenvalue weighted by molar-refractivity contribution is -0.142. The van der Waals surface area contributed by atoms with Crippen molar-refractivity contribution in [3.8, 4) is 0 Å². The minimum absolute atomic E-state index is 0.00461. The number of esters is 1. The van der Waals surface area contributed by atoms with Gasteiger partial charge in [-0.2, -0.15) is 0 Å². The molecule has 0 heterocycles. The summed E-state index contributed by atoms with van der Waals surface area (Å²) in [4.78, 5) is 23.3. The average molecular weight is 364 g/mol. The van der Waals surface area contributed by atoms with Crippen LogP contribution in [0.5, 0.6) is 0 Å². The molecule has 0 radical (unpaired) electrons. The molecule has 7 nitrogen and oxygen atoms in total. The summed E-state index contributed by atoms with van der Waals surface area (Å²) in [5.74, 6) is -0.431. The highest BCUT2D eigenvalue weighted by molar-refractivity contribution is 6.76. The Kier molecular flexibility index (Phi) is 10.2. The Morgan fingerprint density at radius 3 is 2.25 bits per heavy atom. The van der Waals surface area contributed by atoms with Crippen LogP contribution in [-0.2, 0) is 23.7 Å². The van der Waals surface area contributed by atoms with Crippen molar-refractivity contribution < 1.29 is 28.5 Å². The zero-order chi connectivity index (χ0) is 18.8. The summed E-state index contributed by atoms with van der Waals surface area (Å²) in [5.41, 5.74) is -0.610. The molecule has 1 atom stereocenters. The number of alkyl carbamates (subject to hydrolysis) is 1. The normalized spacial score (nSPS) is 13.3. The molecule has 0 saturated heterocycles. The standard InChI is InChI=1S/C16H33NO6Si/c1-16(2,3)23-15(19)17-13(10-14(18)20-4)11-22-12-21-8-9-24(5,6)7/h13H,8-12H2,1-7H3,(H,17,19). The number of ether oxygens (including phenoxy) is 4. The minimum Gasteiger partial charge on any atom is -0.469 e. The Morgan fingerprint density at radius 2 is 1.75 bits per heavy atom. The molecule has 0 rings (SSSR count). The second-order valence-electron chi connectivity index (χ2n) is 7.83. The first-order valence-electron chi connectivity index (χ1n) is 8.15. The van der Waals surface area contributed by atoms with E-state index in [1.54, 1.807) is 20.8 Å². The zero-order valence-electron chi connectivity index (χ0n) is 16.1. The van der Waals surface area contributed by atoms with Gasteiger partial charge >= 0.3 is 12.1 Å². The van der Waals surface area contributed by atoms with E-state index >= 15 is 0 Å². The number of hydrogen-bond acceptors (Lipinski definition) is 6. The van der Waals surface area contributed by atoms with E-state index in [4.69, 9.17) is 14.2 Å². The molecule has 0 fully saturated rings. The van der Waals surface area contributed by atoms with E-state index in [2.05, 4.69) is 29.7 Å². The predicted molar refractivity (Wildman–Crippen MR) is 94.7 cm³/mol. The van der Waals surface area contributed by atoms with Crippen LogP contribution in [0.4, 0.5) is 4.79 Å². The van der Waals surface area contributed by atoms with Crippen LogP contribution < -0.4 is 5.32 Å². The highest BCUT2D eigenvalue weighted by Gasteiger charge is 2.22. The van der Waals surface area contributed by atoms with E-state index in [1.165, 1.54) is 7.11 Å².